The van der Waals surface area contributed by atoms with Crippen LogP contribution in [-0.2, 0) is 11.3 Å². The van der Waals surface area contributed by atoms with Crippen molar-refractivity contribution in [2.75, 3.05) is 33.3 Å². The molecule has 0 saturated carbocycles. The number of carbonyl (C=O) groups excluding carboxylic acids is 1. The van der Waals surface area contributed by atoms with Gasteiger partial charge in [-0.05, 0) is 86.7 Å². The third-order valence-electron chi connectivity index (χ3n) is 8.02. The molecule has 7 nitrogen and oxygen atoms in total. The Labute approximate surface area is 253 Å². The van der Waals surface area contributed by atoms with Gasteiger partial charge in [0, 0.05) is 35.8 Å². The van der Waals surface area contributed by atoms with E-state index in [1.54, 1.807) is 19.2 Å². The van der Waals surface area contributed by atoms with E-state index in [9.17, 15) is 18.0 Å². The topological polar surface area (TPSA) is 79.3 Å². The third-order valence-corrected chi connectivity index (χ3v) is 8.27. The van der Waals surface area contributed by atoms with Crippen LogP contribution in [-0.4, -0.2) is 66.2 Å². The van der Waals surface area contributed by atoms with Crippen LogP contribution >= 0.6 is 11.6 Å². The number of ether oxygens (including phenoxy) is 2. The Bertz CT molecular complexity index is 1380. The summed E-state index contributed by atoms with van der Waals surface area (Å²) in [4.78, 5) is 26.3. The van der Waals surface area contributed by atoms with E-state index < -0.39 is 12.1 Å². The largest absolute Gasteiger partial charge is 0.493 e. The lowest BCUT2D eigenvalue weighted by Crippen LogP contribution is -2.48. The van der Waals surface area contributed by atoms with Gasteiger partial charge in [-0.2, -0.15) is 13.2 Å². The van der Waals surface area contributed by atoms with Crippen LogP contribution in [0.3, 0.4) is 0 Å². The SMILES string of the molecule is COc1ccccc1Oc1ccccc1CN1CCC2(CC1)CCN(C(=O)c1ccc(Cl)cc1)CC2.O=C(O)C(F)(F)F. The van der Waals surface area contributed by atoms with Gasteiger partial charge in [0.25, 0.3) is 5.91 Å². The Morgan fingerprint density at radius 3 is 1.91 bits per heavy atom. The molecule has 2 fully saturated rings. The molecule has 11 heteroatoms. The average Bonchev–Trinajstić information content (AvgIpc) is 3.00. The van der Waals surface area contributed by atoms with Crippen LogP contribution in [0.15, 0.2) is 72.8 Å². The van der Waals surface area contributed by atoms with E-state index in [1.807, 2.05) is 53.4 Å². The van der Waals surface area contributed by atoms with Crippen molar-refractivity contribution in [2.24, 2.45) is 5.41 Å². The number of nitrogens with zero attached hydrogens (tertiary/aromatic N) is 2. The summed E-state index contributed by atoms with van der Waals surface area (Å²) in [5.74, 6) is -0.313. The molecule has 0 aliphatic carbocycles. The Balaban J connectivity index is 0.000000541. The molecule has 2 saturated heterocycles. The smallest absolute Gasteiger partial charge is 0.490 e. The molecule has 3 aromatic carbocycles. The van der Waals surface area contributed by atoms with Gasteiger partial charge in [0.15, 0.2) is 11.5 Å². The number of hydrogen-bond donors (Lipinski definition) is 1. The van der Waals surface area contributed by atoms with Crippen molar-refractivity contribution in [3.05, 3.63) is 88.9 Å². The van der Waals surface area contributed by atoms with Crippen molar-refractivity contribution in [1.82, 2.24) is 9.80 Å². The minimum absolute atomic E-state index is 0.116. The molecule has 1 spiro atoms. The lowest BCUT2D eigenvalue weighted by atomic mass is 9.71. The number of alkyl halides is 3. The second-order valence-electron chi connectivity index (χ2n) is 10.7. The number of likely N-dealkylation sites (tertiary alicyclic amines) is 2. The van der Waals surface area contributed by atoms with Crippen LogP contribution in [0.2, 0.25) is 5.02 Å². The van der Waals surface area contributed by atoms with Gasteiger partial charge in [0.2, 0.25) is 0 Å². The number of aliphatic carboxylic acids is 1. The molecule has 2 aliphatic rings. The van der Waals surface area contributed by atoms with Gasteiger partial charge in [-0.1, -0.05) is 41.9 Å². The summed E-state index contributed by atoms with van der Waals surface area (Å²) in [5, 5.41) is 7.78. The highest BCUT2D eigenvalue weighted by atomic mass is 35.5. The van der Waals surface area contributed by atoms with Gasteiger partial charge in [-0.25, -0.2) is 4.79 Å². The molecule has 0 bridgehead atoms. The van der Waals surface area contributed by atoms with Gasteiger partial charge < -0.3 is 19.5 Å². The molecule has 1 N–H and O–H groups in total. The molecule has 0 atom stereocenters. The van der Waals surface area contributed by atoms with Crippen LogP contribution in [0.5, 0.6) is 17.2 Å². The molecule has 2 aliphatic heterocycles. The van der Waals surface area contributed by atoms with Crippen molar-refractivity contribution >= 4 is 23.5 Å². The number of piperidine rings is 2. The Hall–Kier alpha value is -3.76. The molecule has 5 rings (SSSR count). The monoisotopic (exact) mass is 618 g/mol. The third kappa shape index (κ3) is 8.64. The van der Waals surface area contributed by atoms with Crippen molar-refractivity contribution < 1.29 is 37.3 Å². The molecular weight excluding hydrogens is 585 g/mol. The molecule has 230 valence electrons. The van der Waals surface area contributed by atoms with Crippen molar-refractivity contribution in [3.63, 3.8) is 0 Å². The summed E-state index contributed by atoms with van der Waals surface area (Å²) in [6, 6.07) is 23.2. The minimum Gasteiger partial charge on any atom is -0.493 e. The first-order valence-corrected chi connectivity index (χ1v) is 14.3. The number of benzene rings is 3. The second kappa shape index (κ2) is 14.1. The number of rotatable bonds is 6. The van der Waals surface area contributed by atoms with Crippen LogP contribution in [0.4, 0.5) is 13.2 Å². The molecule has 3 aromatic rings. The number of hydrogen-bond acceptors (Lipinski definition) is 5. The summed E-state index contributed by atoms with van der Waals surface area (Å²) in [6.45, 7) is 4.65. The molecular formula is C32H34ClF3N2O5. The molecule has 0 unspecified atom stereocenters. The lowest BCUT2D eigenvalue weighted by molar-refractivity contribution is -0.192. The van der Waals surface area contributed by atoms with Crippen LogP contribution in [0.25, 0.3) is 0 Å². The Morgan fingerprint density at radius 2 is 1.35 bits per heavy atom. The van der Waals surface area contributed by atoms with Crippen LogP contribution in [0, 0.1) is 5.41 Å². The van der Waals surface area contributed by atoms with Gasteiger partial charge in [0.1, 0.15) is 5.75 Å². The maximum atomic E-state index is 12.9. The van der Waals surface area contributed by atoms with Crippen molar-refractivity contribution in [3.8, 4) is 17.2 Å². The zero-order valence-electron chi connectivity index (χ0n) is 23.8. The number of amides is 1. The highest BCUT2D eigenvalue weighted by molar-refractivity contribution is 6.30. The highest BCUT2D eigenvalue weighted by Gasteiger charge is 2.39. The van der Waals surface area contributed by atoms with E-state index in [2.05, 4.69) is 17.0 Å². The molecule has 1 amide bonds. The number of para-hydroxylation sites is 3. The molecule has 2 heterocycles. The number of halogens is 4. The number of carboxylic acid groups (broad SMARTS) is 1. The quantitative estimate of drug-likeness (QED) is 0.312. The normalized spacial score (nSPS) is 16.6. The first-order chi connectivity index (χ1) is 20.5. The molecule has 0 aromatic heterocycles. The lowest BCUT2D eigenvalue weighted by Gasteiger charge is -2.47. The van der Waals surface area contributed by atoms with Gasteiger partial charge in [-0.15, -0.1) is 0 Å². The van der Waals surface area contributed by atoms with Gasteiger partial charge in [0.05, 0.1) is 7.11 Å². The maximum absolute atomic E-state index is 12.9. The van der Waals surface area contributed by atoms with Crippen LogP contribution in [0.1, 0.15) is 41.6 Å². The van der Waals surface area contributed by atoms with Crippen LogP contribution < -0.4 is 9.47 Å². The number of methoxy groups -OCH3 is 1. The van der Waals surface area contributed by atoms with Gasteiger partial charge in [-0.3, -0.25) is 9.69 Å². The predicted octanol–water partition coefficient (Wildman–Crippen LogP) is 7.29. The fraction of sp³-hybridized carbons (Fsp3) is 0.375. The summed E-state index contributed by atoms with van der Waals surface area (Å²) in [6.07, 6.45) is -0.585. The zero-order chi connectivity index (χ0) is 31.0. The zero-order valence-corrected chi connectivity index (χ0v) is 24.5. The van der Waals surface area contributed by atoms with E-state index in [4.69, 9.17) is 31.0 Å². The van der Waals surface area contributed by atoms with Crippen molar-refractivity contribution in [2.45, 2.75) is 38.4 Å². The molecule has 0 radical (unpaired) electrons. The van der Waals surface area contributed by atoms with E-state index >= 15 is 0 Å². The Kier molecular flexibility index (Phi) is 10.6. The first-order valence-electron chi connectivity index (χ1n) is 14.0. The summed E-state index contributed by atoms with van der Waals surface area (Å²) in [7, 11) is 1.66. The fourth-order valence-electron chi connectivity index (χ4n) is 5.44. The van der Waals surface area contributed by atoms with E-state index in [1.165, 1.54) is 18.4 Å². The van der Waals surface area contributed by atoms with E-state index in [-0.39, 0.29) is 5.91 Å². The average molecular weight is 619 g/mol. The maximum Gasteiger partial charge on any atom is 0.490 e. The first kappa shape index (κ1) is 32.2. The number of carboxylic acids is 1. The standard InChI is InChI=1S/C30H33ClN2O3.C2HF3O2/c1-35-27-8-4-5-9-28(27)36-26-7-3-2-6-24(26)22-32-18-14-30(15-19-32)16-20-33(21-17-30)29(34)23-10-12-25(31)13-11-23;3-2(4,5)1(6)7/h2-13H,14-22H2,1H3;(H,6,7). The van der Waals surface area contributed by atoms with E-state index in [0.29, 0.717) is 10.4 Å². The number of carbonyl (C=O) groups is 2. The van der Waals surface area contributed by atoms with Gasteiger partial charge >= 0.3 is 12.1 Å². The Morgan fingerprint density at radius 1 is 0.837 bits per heavy atom. The summed E-state index contributed by atoms with van der Waals surface area (Å²) in [5.41, 5.74) is 2.25. The fourth-order valence-corrected chi connectivity index (χ4v) is 5.57. The van der Waals surface area contributed by atoms with E-state index in [0.717, 1.165) is 68.4 Å². The molecule has 43 heavy (non-hydrogen) atoms. The second-order valence-corrected chi connectivity index (χ2v) is 11.2. The highest BCUT2D eigenvalue weighted by Crippen LogP contribution is 2.42. The summed E-state index contributed by atoms with van der Waals surface area (Å²) < 4.78 is 43.5. The predicted molar refractivity (Wildman–Crippen MR) is 157 cm³/mol. The summed E-state index contributed by atoms with van der Waals surface area (Å²) >= 11 is 5.98. The minimum atomic E-state index is -5.08. The van der Waals surface area contributed by atoms with Crippen molar-refractivity contribution in [1.29, 1.82) is 0 Å².